The summed E-state index contributed by atoms with van der Waals surface area (Å²) < 4.78 is 34.9. The van der Waals surface area contributed by atoms with Crippen LogP contribution in [-0.2, 0) is 4.74 Å². The highest BCUT2D eigenvalue weighted by Gasteiger charge is 2.32. The maximum atomic E-state index is 13.3. The average Bonchev–Trinajstić information content (AvgIpc) is 3.60. The topological polar surface area (TPSA) is 69.0 Å². The number of rotatable bonds is 5. The van der Waals surface area contributed by atoms with E-state index in [2.05, 4.69) is 29.2 Å². The molecule has 0 N–H and O–H groups in total. The Labute approximate surface area is 209 Å². The first-order valence-corrected chi connectivity index (χ1v) is 12.9. The number of anilines is 1. The number of hydrogen-bond acceptors (Lipinski definition) is 6. The van der Waals surface area contributed by atoms with Gasteiger partial charge in [-0.15, -0.1) is 0 Å². The van der Waals surface area contributed by atoms with Crippen molar-refractivity contribution in [2.75, 3.05) is 18.0 Å². The van der Waals surface area contributed by atoms with Gasteiger partial charge in [-0.3, -0.25) is 4.68 Å². The first kappa shape index (κ1) is 23.5. The first-order valence-electron chi connectivity index (χ1n) is 12.9. The smallest absolute Gasteiger partial charge is 0.241 e. The maximum Gasteiger partial charge on any atom is 0.241 e. The van der Waals surface area contributed by atoms with E-state index in [1.807, 2.05) is 30.8 Å². The van der Waals surface area contributed by atoms with E-state index in [0.29, 0.717) is 50.0 Å². The van der Waals surface area contributed by atoms with Crippen molar-refractivity contribution in [1.82, 2.24) is 24.7 Å². The van der Waals surface area contributed by atoms with Gasteiger partial charge in [0.15, 0.2) is 5.65 Å². The third-order valence-corrected chi connectivity index (χ3v) is 7.69. The van der Waals surface area contributed by atoms with Gasteiger partial charge in [-0.2, -0.15) is 10.1 Å². The lowest BCUT2D eigenvalue weighted by Gasteiger charge is -2.36. The van der Waals surface area contributed by atoms with E-state index in [4.69, 9.17) is 19.7 Å². The van der Waals surface area contributed by atoms with Crippen LogP contribution in [0.15, 0.2) is 24.5 Å². The van der Waals surface area contributed by atoms with E-state index in [1.54, 1.807) is 0 Å². The van der Waals surface area contributed by atoms with E-state index in [1.165, 1.54) is 12.8 Å². The predicted octanol–water partition coefficient (Wildman–Crippen LogP) is 5.59. The van der Waals surface area contributed by atoms with Crippen molar-refractivity contribution in [2.24, 2.45) is 5.92 Å². The number of aromatic nitrogens is 5. The highest BCUT2D eigenvalue weighted by molar-refractivity contribution is 5.89. The lowest BCUT2D eigenvalue weighted by Crippen LogP contribution is -2.43. The lowest BCUT2D eigenvalue weighted by atomic mass is 9.87. The minimum Gasteiger partial charge on any atom is -0.367 e. The van der Waals surface area contributed by atoms with Crippen molar-refractivity contribution in [3.63, 3.8) is 0 Å². The van der Waals surface area contributed by atoms with Gasteiger partial charge in [-0.25, -0.2) is 18.7 Å². The summed E-state index contributed by atoms with van der Waals surface area (Å²) in [4.78, 5) is 16.9. The summed E-state index contributed by atoms with van der Waals surface area (Å²) >= 11 is 0. The van der Waals surface area contributed by atoms with Gasteiger partial charge in [0.2, 0.25) is 12.4 Å². The van der Waals surface area contributed by atoms with Crippen LogP contribution in [0.3, 0.4) is 0 Å². The van der Waals surface area contributed by atoms with Crippen LogP contribution in [0.1, 0.15) is 73.7 Å². The minimum atomic E-state index is -2.29. The molecule has 0 bridgehead atoms. The highest BCUT2D eigenvalue weighted by atomic mass is 19.3. The molecule has 3 aromatic heterocycles. The highest BCUT2D eigenvalue weighted by Crippen LogP contribution is 2.38. The van der Waals surface area contributed by atoms with Crippen molar-refractivity contribution in [2.45, 2.75) is 77.6 Å². The Morgan fingerprint density at radius 2 is 1.92 bits per heavy atom. The molecule has 0 aromatic carbocycles. The van der Waals surface area contributed by atoms with Gasteiger partial charge < -0.3 is 9.64 Å². The molecule has 190 valence electrons. The summed E-state index contributed by atoms with van der Waals surface area (Å²) in [6.07, 6.45) is 7.30. The molecule has 0 spiro atoms. The van der Waals surface area contributed by atoms with Crippen LogP contribution in [0.25, 0.3) is 16.6 Å². The van der Waals surface area contributed by atoms with Crippen molar-refractivity contribution in [1.29, 1.82) is 0 Å². The number of hydrogen-bond donors (Lipinski definition) is 0. The van der Waals surface area contributed by atoms with E-state index in [0.717, 1.165) is 33.5 Å². The zero-order valence-electron chi connectivity index (χ0n) is 21.0. The molecule has 1 unspecified atom stereocenters. The quantitative estimate of drug-likeness (QED) is 0.461. The number of morpholine rings is 1. The van der Waals surface area contributed by atoms with Crippen LogP contribution in [0.5, 0.6) is 0 Å². The Bertz CT molecular complexity index is 1320. The van der Waals surface area contributed by atoms with Crippen molar-refractivity contribution >= 4 is 22.6 Å². The summed E-state index contributed by atoms with van der Waals surface area (Å²) in [5, 5.41) is 5.43. The van der Waals surface area contributed by atoms with Crippen LogP contribution in [0, 0.1) is 19.8 Å². The number of allylic oxidation sites excluding steroid dienone is 2. The van der Waals surface area contributed by atoms with Crippen LogP contribution in [0.2, 0.25) is 0 Å². The fraction of sp³-hybridized carbons (Fsp3) is 0.556. The van der Waals surface area contributed by atoms with Gasteiger partial charge in [0.1, 0.15) is 6.10 Å². The molecule has 0 radical (unpaired) electrons. The largest absolute Gasteiger partial charge is 0.367 e. The molecule has 0 amide bonds. The third-order valence-electron chi connectivity index (χ3n) is 7.69. The number of pyridine rings is 1. The summed E-state index contributed by atoms with van der Waals surface area (Å²) in [5.41, 5.74) is 5.53. The molecule has 4 heterocycles. The van der Waals surface area contributed by atoms with Crippen molar-refractivity contribution in [3.05, 3.63) is 47.1 Å². The minimum absolute atomic E-state index is 0.0100. The fourth-order valence-electron chi connectivity index (χ4n) is 5.27. The maximum absolute atomic E-state index is 13.3. The molecule has 7 nitrogen and oxygen atoms in total. The second-order valence-corrected chi connectivity index (χ2v) is 10.6. The Hall–Kier alpha value is -2.94. The monoisotopic (exact) mass is 494 g/mol. The molecule has 3 atom stereocenters. The molecule has 36 heavy (non-hydrogen) atoms. The van der Waals surface area contributed by atoms with Crippen LogP contribution >= 0.6 is 0 Å². The zero-order valence-corrected chi connectivity index (χ0v) is 21.0. The standard InChI is InChI=1S/C27H32F2N6O/c1-15-10-22-24(18-4-6-19(7-5-18)25(28)29)32-27(33-26(22)31-17(15)3)34-12-16(2)36-23(14-34)20-11-30-35(13-20)21-8-9-21/h4,10-11,13,16,19,21,23,25H,5-9,12,14H2,1-3H3/t16-,19?,23-/m0/s1. The predicted molar refractivity (Wildman–Crippen MR) is 134 cm³/mol. The normalized spacial score (nSPS) is 25.0. The van der Waals surface area contributed by atoms with Crippen LogP contribution < -0.4 is 4.90 Å². The Balaban J connectivity index is 1.37. The van der Waals surface area contributed by atoms with Gasteiger partial charge in [0.25, 0.3) is 0 Å². The molecule has 2 aliphatic carbocycles. The lowest BCUT2D eigenvalue weighted by molar-refractivity contribution is -0.0178. The van der Waals surface area contributed by atoms with Crippen LogP contribution in [0.4, 0.5) is 14.7 Å². The van der Waals surface area contributed by atoms with E-state index >= 15 is 0 Å². The summed E-state index contributed by atoms with van der Waals surface area (Å²) in [6.45, 7) is 7.34. The number of aryl methyl sites for hydroxylation is 2. The number of fused-ring (bicyclic) bond motifs is 1. The number of halogens is 2. The third kappa shape index (κ3) is 4.49. The molecular formula is C27H32F2N6O. The zero-order chi connectivity index (χ0) is 25.0. The molecule has 1 saturated heterocycles. The second kappa shape index (κ2) is 9.18. The molecular weight excluding hydrogens is 462 g/mol. The van der Waals surface area contributed by atoms with Gasteiger partial charge in [0.05, 0.1) is 30.6 Å². The second-order valence-electron chi connectivity index (χ2n) is 10.6. The van der Waals surface area contributed by atoms with Gasteiger partial charge in [-0.05, 0) is 70.1 Å². The summed E-state index contributed by atoms with van der Waals surface area (Å²) in [5.74, 6) is 0.0284. The summed E-state index contributed by atoms with van der Waals surface area (Å²) in [7, 11) is 0. The molecule has 1 saturated carbocycles. The molecule has 9 heteroatoms. The fourth-order valence-corrected chi connectivity index (χ4v) is 5.27. The SMILES string of the molecule is Cc1cc2c(C3=CCC(C(F)F)CC3)nc(N3C[C@@H](c4cnn(C5CC5)c4)O[C@@H](C)C3)nc2nc1C. The average molecular weight is 495 g/mol. The van der Waals surface area contributed by atoms with Gasteiger partial charge in [0, 0.05) is 35.3 Å². The Kier molecular flexibility index (Phi) is 5.98. The molecule has 2 fully saturated rings. The number of alkyl halides is 2. The first-order chi connectivity index (χ1) is 17.4. The summed E-state index contributed by atoms with van der Waals surface area (Å²) in [6, 6.07) is 2.60. The van der Waals surface area contributed by atoms with Crippen molar-refractivity contribution < 1.29 is 13.5 Å². The van der Waals surface area contributed by atoms with E-state index in [9.17, 15) is 8.78 Å². The Morgan fingerprint density at radius 1 is 1.08 bits per heavy atom. The van der Waals surface area contributed by atoms with E-state index < -0.39 is 12.3 Å². The number of ether oxygens (including phenoxy) is 1. The molecule has 6 rings (SSSR count). The van der Waals surface area contributed by atoms with E-state index in [-0.39, 0.29) is 12.2 Å². The molecule has 3 aromatic rings. The molecule has 1 aliphatic heterocycles. The van der Waals surface area contributed by atoms with Crippen molar-refractivity contribution in [3.8, 4) is 0 Å². The van der Waals surface area contributed by atoms with Gasteiger partial charge >= 0.3 is 0 Å². The molecule has 3 aliphatic rings. The van der Waals surface area contributed by atoms with Gasteiger partial charge in [-0.1, -0.05) is 6.08 Å². The Morgan fingerprint density at radius 3 is 2.64 bits per heavy atom. The number of nitrogens with zero attached hydrogens (tertiary/aromatic N) is 6. The van der Waals surface area contributed by atoms with Crippen LogP contribution in [-0.4, -0.2) is 50.4 Å².